The SMILES string of the molecule is FC(F)(F)/C(=N/[Se](Cl)(Cl)c1ccccc1)c1ccccc1. The monoisotopic (exact) mass is 399 g/mol. The number of rotatable bonds is 3. The Balaban J connectivity index is 2.52. The van der Waals surface area contributed by atoms with E-state index in [1.807, 2.05) is 0 Å². The van der Waals surface area contributed by atoms with Gasteiger partial charge in [0.15, 0.2) is 0 Å². The summed E-state index contributed by atoms with van der Waals surface area (Å²) in [6.07, 6.45) is -4.62. The van der Waals surface area contributed by atoms with Crippen LogP contribution in [0.5, 0.6) is 0 Å². The Bertz CT molecular complexity index is 628. The first-order valence-corrected chi connectivity index (χ1v) is 11.9. The predicted molar refractivity (Wildman–Crippen MR) is 82.6 cm³/mol. The molecule has 2 aromatic rings. The molecule has 0 bridgehead atoms. The van der Waals surface area contributed by atoms with Crippen LogP contribution < -0.4 is 4.46 Å². The van der Waals surface area contributed by atoms with Crippen LogP contribution in [0.3, 0.4) is 0 Å². The van der Waals surface area contributed by atoms with Crippen LogP contribution in [0.4, 0.5) is 13.2 Å². The van der Waals surface area contributed by atoms with Gasteiger partial charge in [-0.15, -0.1) is 0 Å². The Morgan fingerprint density at radius 1 is 0.857 bits per heavy atom. The average Bonchev–Trinajstić information content (AvgIpc) is 2.46. The maximum atomic E-state index is 13.2. The van der Waals surface area contributed by atoms with Gasteiger partial charge in [0.2, 0.25) is 0 Å². The van der Waals surface area contributed by atoms with Crippen molar-refractivity contribution in [2.75, 3.05) is 0 Å². The van der Waals surface area contributed by atoms with Crippen molar-refractivity contribution in [3.05, 3.63) is 66.2 Å². The van der Waals surface area contributed by atoms with Crippen molar-refractivity contribution >= 4 is 41.6 Å². The van der Waals surface area contributed by atoms with E-state index in [0.29, 0.717) is 4.46 Å². The summed E-state index contributed by atoms with van der Waals surface area (Å²) in [5.74, 6) is 0. The van der Waals surface area contributed by atoms with Crippen molar-refractivity contribution < 1.29 is 13.2 Å². The molecule has 0 heterocycles. The maximum absolute atomic E-state index is 13.2. The van der Waals surface area contributed by atoms with E-state index >= 15 is 0 Å². The molecule has 2 aromatic carbocycles. The molecule has 112 valence electrons. The second-order valence-electron chi connectivity index (χ2n) is 4.06. The molecule has 0 spiro atoms. The van der Waals surface area contributed by atoms with Crippen molar-refractivity contribution in [2.45, 2.75) is 6.18 Å². The third kappa shape index (κ3) is 4.24. The fourth-order valence-corrected chi connectivity index (χ4v) is 5.56. The van der Waals surface area contributed by atoms with Gasteiger partial charge in [0.1, 0.15) is 0 Å². The molecule has 0 aliphatic heterocycles. The van der Waals surface area contributed by atoms with Gasteiger partial charge in [-0.25, -0.2) is 0 Å². The van der Waals surface area contributed by atoms with E-state index in [2.05, 4.69) is 4.01 Å². The van der Waals surface area contributed by atoms with Crippen LogP contribution in [0.25, 0.3) is 0 Å². The molecular formula is C14H10Cl2F3NSe. The molecule has 0 unspecified atom stereocenters. The molecule has 0 saturated carbocycles. The standard InChI is InChI=1S/C14H10Cl2F3NSe/c15-21(16,12-9-5-2-6-10-12)20-13(14(17,18)19)11-7-3-1-4-8-11/h1-10H/b20-13+. The van der Waals surface area contributed by atoms with Gasteiger partial charge in [0, 0.05) is 0 Å². The van der Waals surface area contributed by atoms with Gasteiger partial charge in [-0.2, -0.15) is 0 Å². The third-order valence-corrected chi connectivity index (χ3v) is 7.74. The van der Waals surface area contributed by atoms with Crippen molar-refractivity contribution in [2.24, 2.45) is 4.01 Å². The predicted octanol–water partition coefficient (Wildman–Crippen LogP) is 4.36. The molecule has 0 fully saturated rings. The fraction of sp³-hybridized carbons (Fsp3) is 0.0714. The normalized spacial score (nSPS) is 14.0. The van der Waals surface area contributed by atoms with Crippen molar-refractivity contribution in [3.8, 4) is 0 Å². The molecular weight excluding hydrogens is 389 g/mol. The third-order valence-electron chi connectivity index (χ3n) is 2.55. The number of benzene rings is 2. The Morgan fingerprint density at radius 2 is 1.33 bits per heavy atom. The van der Waals surface area contributed by atoms with Crippen LogP contribution in [-0.4, -0.2) is 23.1 Å². The van der Waals surface area contributed by atoms with Crippen LogP contribution >= 0.6 is 20.2 Å². The van der Waals surface area contributed by atoms with Crippen LogP contribution in [0, 0.1) is 0 Å². The first-order chi connectivity index (χ1) is 9.81. The van der Waals surface area contributed by atoms with Crippen LogP contribution in [-0.2, 0) is 0 Å². The zero-order chi connectivity index (χ0) is 15.5. The summed E-state index contributed by atoms with van der Waals surface area (Å²) in [6.45, 7) is 0. The molecule has 0 amide bonds. The second kappa shape index (κ2) is 6.41. The molecule has 21 heavy (non-hydrogen) atoms. The molecule has 0 N–H and O–H groups in total. The van der Waals surface area contributed by atoms with Gasteiger partial charge >= 0.3 is 131 Å². The Kier molecular flexibility index (Phi) is 4.99. The van der Waals surface area contributed by atoms with Gasteiger partial charge in [-0.05, 0) is 0 Å². The van der Waals surface area contributed by atoms with Gasteiger partial charge in [0.05, 0.1) is 0 Å². The molecule has 0 aliphatic rings. The van der Waals surface area contributed by atoms with E-state index in [-0.39, 0.29) is 5.56 Å². The minimum absolute atomic E-state index is 0.0520. The molecule has 0 aliphatic carbocycles. The van der Waals surface area contributed by atoms with Gasteiger partial charge in [-0.1, -0.05) is 0 Å². The van der Waals surface area contributed by atoms with Gasteiger partial charge < -0.3 is 0 Å². The van der Waals surface area contributed by atoms with E-state index in [1.54, 1.807) is 36.4 Å². The Morgan fingerprint density at radius 3 is 1.81 bits per heavy atom. The number of nitrogens with zero attached hydrogens (tertiary/aromatic N) is 1. The van der Waals surface area contributed by atoms with E-state index < -0.39 is 23.1 Å². The summed E-state index contributed by atoms with van der Waals surface area (Å²) in [6, 6.07) is 15.5. The summed E-state index contributed by atoms with van der Waals surface area (Å²) < 4.78 is 43.8. The molecule has 0 atom stereocenters. The number of hydrogen-bond donors (Lipinski definition) is 0. The second-order valence-corrected chi connectivity index (χ2v) is 12.7. The minimum atomic E-state index is -4.62. The zero-order valence-corrected chi connectivity index (χ0v) is 13.7. The molecule has 0 saturated heterocycles. The first kappa shape index (κ1) is 16.4. The topological polar surface area (TPSA) is 12.4 Å². The molecule has 1 nitrogen and oxygen atoms in total. The van der Waals surface area contributed by atoms with Crippen molar-refractivity contribution in [1.29, 1.82) is 0 Å². The summed E-state index contributed by atoms with van der Waals surface area (Å²) in [5.41, 5.74) is -1.10. The van der Waals surface area contributed by atoms with Gasteiger partial charge in [-0.3, -0.25) is 0 Å². The molecule has 2 rings (SSSR count). The van der Waals surface area contributed by atoms with Crippen molar-refractivity contribution in [3.63, 3.8) is 0 Å². The van der Waals surface area contributed by atoms with Crippen molar-refractivity contribution in [1.82, 2.24) is 0 Å². The summed E-state index contributed by atoms with van der Waals surface area (Å²) >= 11 is -3.82. The number of hydrogen-bond acceptors (Lipinski definition) is 1. The summed E-state index contributed by atoms with van der Waals surface area (Å²) in [7, 11) is 12.3. The summed E-state index contributed by atoms with van der Waals surface area (Å²) in [5, 5.41) is 0. The average molecular weight is 399 g/mol. The first-order valence-electron chi connectivity index (χ1n) is 5.81. The van der Waals surface area contributed by atoms with E-state index in [0.717, 1.165) is 0 Å². The number of halogens is 5. The zero-order valence-electron chi connectivity index (χ0n) is 10.5. The molecule has 7 heteroatoms. The van der Waals surface area contributed by atoms with Crippen LogP contribution in [0.15, 0.2) is 64.7 Å². The fourth-order valence-electron chi connectivity index (χ4n) is 1.62. The van der Waals surface area contributed by atoms with Gasteiger partial charge in [0.25, 0.3) is 0 Å². The molecule has 0 aromatic heterocycles. The summed E-state index contributed by atoms with van der Waals surface area (Å²) in [4.78, 5) is 0. The van der Waals surface area contributed by atoms with Crippen LogP contribution in [0.2, 0.25) is 0 Å². The number of alkyl halides is 3. The van der Waals surface area contributed by atoms with E-state index in [9.17, 15) is 13.2 Å². The van der Waals surface area contributed by atoms with Crippen LogP contribution in [0.1, 0.15) is 5.56 Å². The molecule has 0 radical (unpaired) electrons. The quantitative estimate of drug-likeness (QED) is 0.538. The Hall–Kier alpha value is -1.00. The Labute approximate surface area is 131 Å². The van der Waals surface area contributed by atoms with E-state index in [4.69, 9.17) is 20.2 Å². The van der Waals surface area contributed by atoms with E-state index in [1.165, 1.54) is 24.3 Å².